The molecule has 0 radical (unpaired) electrons. The highest BCUT2D eigenvalue weighted by Gasteiger charge is 2.30. The molecular weight excluding hydrogens is 348 g/mol. The van der Waals surface area contributed by atoms with Gasteiger partial charge in [-0.25, -0.2) is 9.59 Å². The van der Waals surface area contributed by atoms with Crippen LogP contribution in [0.3, 0.4) is 0 Å². The Morgan fingerprint density at radius 1 is 1.07 bits per heavy atom. The number of hydrogen-bond donors (Lipinski definition) is 3. The Morgan fingerprint density at radius 3 is 2.22 bits per heavy atom. The first-order valence-electron chi connectivity index (χ1n) is 9.24. The molecule has 0 aromatic heterocycles. The summed E-state index contributed by atoms with van der Waals surface area (Å²) in [6.07, 6.45) is 0.237. The number of aliphatic carboxylic acids is 1. The monoisotopic (exact) mass is 378 g/mol. The maximum atomic E-state index is 12.6. The molecule has 1 aromatic rings. The predicted molar refractivity (Wildman–Crippen MR) is 102 cm³/mol. The van der Waals surface area contributed by atoms with Crippen LogP contribution in [-0.2, 0) is 20.9 Å². The van der Waals surface area contributed by atoms with Gasteiger partial charge in [0.15, 0.2) is 0 Å². The predicted octanol–water partition coefficient (Wildman–Crippen LogP) is 2.94. The van der Waals surface area contributed by atoms with Gasteiger partial charge in [0.25, 0.3) is 0 Å². The standard InChI is InChI=1S/C20H30N2O5/c1-5-14(4)17(18(23)21-16(19(24)25)11-13(2)3)22-20(26)27-12-15-9-7-6-8-10-15/h6-10,13-14,16-17H,5,11-12H2,1-4H3,(H,21,23)(H,22,26)(H,24,25)/t14?,16-,17-/m1/s1. The lowest BCUT2D eigenvalue weighted by atomic mass is 9.97. The van der Waals surface area contributed by atoms with Gasteiger partial charge in [-0.15, -0.1) is 0 Å². The summed E-state index contributed by atoms with van der Waals surface area (Å²) >= 11 is 0. The number of amides is 2. The Balaban J connectivity index is 2.71. The summed E-state index contributed by atoms with van der Waals surface area (Å²) in [6.45, 7) is 7.57. The topological polar surface area (TPSA) is 105 Å². The van der Waals surface area contributed by atoms with Gasteiger partial charge in [-0.1, -0.05) is 64.4 Å². The Morgan fingerprint density at radius 2 is 1.70 bits per heavy atom. The molecule has 0 fully saturated rings. The summed E-state index contributed by atoms with van der Waals surface area (Å²) in [5.74, 6) is -1.68. The first kappa shape index (κ1) is 22.5. The first-order chi connectivity index (χ1) is 12.7. The molecule has 1 aromatic carbocycles. The van der Waals surface area contributed by atoms with Gasteiger partial charge in [0.2, 0.25) is 5.91 Å². The fraction of sp³-hybridized carbons (Fsp3) is 0.550. The van der Waals surface area contributed by atoms with Crippen LogP contribution >= 0.6 is 0 Å². The molecule has 1 rings (SSSR count). The van der Waals surface area contributed by atoms with Crippen molar-refractivity contribution in [3.05, 3.63) is 35.9 Å². The SMILES string of the molecule is CCC(C)[C@@H](NC(=O)OCc1ccccc1)C(=O)N[C@H](CC(C)C)C(=O)O. The highest BCUT2D eigenvalue weighted by atomic mass is 16.5. The molecule has 2 amide bonds. The van der Waals surface area contributed by atoms with Crippen LogP contribution < -0.4 is 10.6 Å². The summed E-state index contributed by atoms with van der Waals surface area (Å²) in [5.41, 5.74) is 0.833. The van der Waals surface area contributed by atoms with E-state index in [0.717, 1.165) is 5.56 Å². The molecule has 3 N–H and O–H groups in total. The summed E-state index contributed by atoms with van der Waals surface area (Å²) < 4.78 is 5.17. The van der Waals surface area contributed by atoms with Crippen LogP contribution in [0.15, 0.2) is 30.3 Å². The van der Waals surface area contributed by atoms with Gasteiger partial charge in [0.05, 0.1) is 0 Å². The maximum absolute atomic E-state index is 12.6. The molecular formula is C20H30N2O5. The lowest BCUT2D eigenvalue weighted by Crippen LogP contribution is -2.54. The molecule has 0 saturated carbocycles. The quantitative estimate of drug-likeness (QED) is 0.581. The number of carboxylic acid groups (broad SMARTS) is 1. The second kappa shape index (κ2) is 11.2. The largest absolute Gasteiger partial charge is 0.480 e. The van der Waals surface area contributed by atoms with E-state index in [9.17, 15) is 19.5 Å². The Kier molecular flexibility index (Phi) is 9.33. The second-order valence-corrected chi connectivity index (χ2v) is 7.10. The molecule has 0 saturated heterocycles. The number of carbonyl (C=O) groups excluding carboxylic acids is 2. The van der Waals surface area contributed by atoms with Crippen molar-refractivity contribution in [2.75, 3.05) is 0 Å². The molecule has 7 nitrogen and oxygen atoms in total. The number of carbonyl (C=O) groups is 3. The molecule has 150 valence electrons. The van der Waals surface area contributed by atoms with Gasteiger partial charge < -0.3 is 20.5 Å². The lowest BCUT2D eigenvalue weighted by molar-refractivity contribution is -0.142. The molecule has 3 atom stereocenters. The van der Waals surface area contributed by atoms with Crippen molar-refractivity contribution in [3.8, 4) is 0 Å². The highest BCUT2D eigenvalue weighted by Crippen LogP contribution is 2.11. The Hall–Kier alpha value is -2.57. The van der Waals surface area contributed by atoms with E-state index in [1.54, 1.807) is 0 Å². The van der Waals surface area contributed by atoms with Crippen LogP contribution in [0.5, 0.6) is 0 Å². The third kappa shape index (κ3) is 8.11. The molecule has 0 aliphatic heterocycles. The Labute approximate surface area is 160 Å². The van der Waals surface area contributed by atoms with E-state index in [-0.39, 0.29) is 18.4 Å². The van der Waals surface area contributed by atoms with Crippen molar-refractivity contribution in [2.45, 2.75) is 59.2 Å². The fourth-order valence-electron chi connectivity index (χ4n) is 2.55. The fourth-order valence-corrected chi connectivity index (χ4v) is 2.55. The van der Waals surface area contributed by atoms with Crippen molar-refractivity contribution in [1.29, 1.82) is 0 Å². The normalized spacial score (nSPS) is 14.1. The van der Waals surface area contributed by atoms with Crippen molar-refractivity contribution in [2.24, 2.45) is 11.8 Å². The number of ether oxygens (including phenoxy) is 1. The zero-order chi connectivity index (χ0) is 20.4. The third-order valence-electron chi connectivity index (χ3n) is 4.30. The molecule has 0 aliphatic carbocycles. The minimum Gasteiger partial charge on any atom is -0.480 e. The van der Waals surface area contributed by atoms with E-state index in [4.69, 9.17) is 4.74 Å². The van der Waals surface area contributed by atoms with Gasteiger partial charge in [-0.2, -0.15) is 0 Å². The van der Waals surface area contributed by atoms with Gasteiger partial charge in [-0.05, 0) is 23.8 Å². The van der Waals surface area contributed by atoms with E-state index >= 15 is 0 Å². The van der Waals surface area contributed by atoms with Crippen LogP contribution in [-0.4, -0.2) is 35.2 Å². The molecule has 0 heterocycles. The summed E-state index contributed by atoms with van der Waals surface area (Å²) in [7, 11) is 0. The van der Waals surface area contributed by atoms with Gasteiger partial charge in [-0.3, -0.25) is 4.79 Å². The first-order valence-corrected chi connectivity index (χ1v) is 9.24. The maximum Gasteiger partial charge on any atom is 0.408 e. The number of rotatable bonds is 10. The lowest BCUT2D eigenvalue weighted by Gasteiger charge is -2.25. The average molecular weight is 378 g/mol. The van der Waals surface area contributed by atoms with Crippen LogP contribution in [0.1, 0.15) is 46.1 Å². The van der Waals surface area contributed by atoms with Gasteiger partial charge in [0, 0.05) is 0 Å². The van der Waals surface area contributed by atoms with Crippen LogP contribution in [0.2, 0.25) is 0 Å². The van der Waals surface area contributed by atoms with E-state index in [1.165, 1.54) is 0 Å². The summed E-state index contributed by atoms with van der Waals surface area (Å²) in [5, 5.41) is 14.4. The number of nitrogens with one attached hydrogen (secondary N) is 2. The van der Waals surface area contributed by atoms with Crippen molar-refractivity contribution >= 4 is 18.0 Å². The van der Waals surface area contributed by atoms with Gasteiger partial charge in [0.1, 0.15) is 18.7 Å². The second-order valence-electron chi connectivity index (χ2n) is 7.10. The van der Waals surface area contributed by atoms with Crippen molar-refractivity contribution in [1.82, 2.24) is 10.6 Å². The number of carboxylic acids is 1. The van der Waals surface area contributed by atoms with Gasteiger partial charge >= 0.3 is 12.1 Å². The molecule has 0 aliphatic rings. The molecule has 7 heteroatoms. The highest BCUT2D eigenvalue weighted by molar-refractivity contribution is 5.89. The smallest absolute Gasteiger partial charge is 0.408 e. The molecule has 0 bridgehead atoms. The van der Waals surface area contributed by atoms with Crippen LogP contribution in [0.25, 0.3) is 0 Å². The minimum absolute atomic E-state index is 0.0899. The summed E-state index contributed by atoms with van der Waals surface area (Å²) in [4.78, 5) is 36.1. The van der Waals surface area contributed by atoms with E-state index in [1.807, 2.05) is 58.0 Å². The number of benzene rings is 1. The third-order valence-corrected chi connectivity index (χ3v) is 4.30. The van der Waals surface area contributed by atoms with E-state index in [2.05, 4.69) is 10.6 Å². The van der Waals surface area contributed by atoms with E-state index < -0.39 is 30.1 Å². The average Bonchev–Trinajstić information content (AvgIpc) is 2.63. The zero-order valence-corrected chi connectivity index (χ0v) is 16.4. The van der Waals surface area contributed by atoms with Crippen molar-refractivity contribution in [3.63, 3.8) is 0 Å². The Bertz CT molecular complexity index is 618. The molecule has 27 heavy (non-hydrogen) atoms. The van der Waals surface area contributed by atoms with Crippen molar-refractivity contribution < 1.29 is 24.2 Å². The summed E-state index contributed by atoms with van der Waals surface area (Å²) in [6, 6.07) is 7.34. The zero-order valence-electron chi connectivity index (χ0n) is 16.4. The van der Waals surface area contributed by atoms with Crippen LogP contribution in [0.4, 0.5) is 4.79 Å². The minimum atomic E-state index is -1.09. The molecule has 0 spiro atoms. The number of alkyl carbamates (subject to hydrolysis) is 1. The van der Waals surface area contributed by atoms with E-state index in [0.29, 0.717) is 12.8 Å². The molecule has 1 unspecified atom stereocenters. The van der Waals surface area contributed by atoms with Crippen LogP contribution in [0, 0.1) is 11.8 Å². The number of hydrogen-bond acceptors (Lipinski definition) is 4.